The van der Waals surface area contributed by atoms with Gasteiger partial charge in [0.2, 0.25) is 0 Å². The third-order valence-electron chi connectivity index (χ3n) is 3.05. The van der Waals surface area contributed by atoms with Gasteiger partial charge in [0.25, 0.3) is 0 Å². The average molecular weight is 295 g/mol. The van der Waals surface area contributed by atoms with Crippen LogP contribution in [0.3, 0.4) is 0 Å². The summed E-state index contributed by atoms with van der Waals surface area (Å²) in [4.78, 5) is 11.9. The summed E-state index contributed by atoms with van der Waals surface area (Å²) in [5, 5.41) is 3.89. The van der Waals surface area contributed by atoms with Crippen molar-refractivity contribution in [1.82, 2.24) is 14.3 Å². The lowest BCUT2D eigenvalue weighted by Crippen LogP contribution is -2.24. The van der Waals surface area contributed by atoms with Gasteiger partial charge in [-0.3, -0.25) is 4.57 Å². The number of nitrogens with zero attached hydrogens (tertiary/aromatic N) is 3. The van der Waals surface area contributed by atoms with E-state index in [-0.39, 0.29) is 11.4 Å². The van der Waals surface area contributed by atoms with Gasteiger partial charge in [-0.25, -0.2) is 17.9 Å². The summed E-state index contributed by atoms with van der Waals surface area (Å²) in [6.07, 6.45) is 1.77. The molecule has 2 aromatic rings. The first-order valence-corrected chi connectivity index (χ1v) is 7.93. The molecule has 1 aromatic carbocycles. The first-order chi connectivity index (χ1) is 9.40. The normalized spacial score (nSPS) is 11.7. The molecule has 108 valence electrons. The van der Waals surface area contributed by atoms with Gasteiger partial charge in [-0.05, 0) is 25.5 Å². The van der Waals surface area contributed by atoms with Gasteiger partial charge in [0.05, 0.1) is 10.6 Å². The van der Waals surface area contributed by atoms with E-state index in [1.54, 1.807) is 31.3 Å². The Morgan fingerprint density at radius 3 is 2.40 bits per heavy atom. The maximum absolute atomic E-state index is 12.1. The largest absolute Gasteiger partial charge is 0.345 e. The van der Waals surface area contributed by atoms with Crippen molar-refractivity contribution in [3.63, 3.8) is 0 Å². The summed E-state index contributed by atoms with van der Waals surface area (Å²) < 4.78 is 26.8. The van der Waals surface area contributed by atoms with Crippen molar-refractivity contribution in [3.8, 4) is 0 Å². The second kappa shape index (κ2) is 5.62. The predicted molar refractivity (Wildman–Crippen MR) is 75.3 cm³/mol. The molecule has 0 saturated heterocycles. The molecule has 0 spiro atoms. The zero-order valence-electron chi connectivity index (χ0n) is 11.5. The first kappa shape index (κ1) is 14.5. The number of hydrogen-bond acceptors (Lipinski definition) is 4. The fraction of sp³-hybridized carbons (Fsp3) is 0.385. The van der Waals surface area contributed by atoms with Gasteiger partial charge in [-0.15, -0.1) is 0 Å². The highest BCUT2D eigenvalue weighted by Gasteiger charge is 2.14. The molecule has 0 aliphatic rings. The molecule has 6 nitrogen and oxygen atoms in total. The summed E-state index contributed by atoms with van der Waals surface area (Å²) in [5.41, 5.74) is 0.779. The molecule has 2 rings (SSSR count). The molecular formula is C13H17N3O3S. The average Bonchev–Trinajstić information content (AvgIpc) is 2.71. The van der Waals surface area contributed by atoms with Crippen LogP contribution in [0.1, 0.15) is 12.0 Å². The monoisotopic (exact) mass is 295 g/mol. The van der Waals surface area contributed by atoms with Crippen molar-refractivity contribution >= 4 is 9.84 Å². The molecule has 0 bridgehead atoms. The van der Waals surface area contributed by atoms with Crippen LogP contribution in [0.4, 0.5) is 0 Å². The van der Waals surface area contributed by atoms with Crippen molar-refractivity contribution in [1.29, 1.82) is 0 Å². The SMILES string of the molecule is Cc1ccc(S(=O)(=O)CCCn2ncn(C)c2=O)cc1. The molecule has 0 fully saturated rings. The van der Waals surface area contributed by atoms with Gasteiger partial charge < -0.3 is 0 Å². The van der Waals surface area contributed by atoms with E-state index in [1.807, 2.05) is 6.92 Å². The zero-order chi connectivity index (χ0) is 14.8. The lowest BCUT2D eigenvalue weighted by atomic mass is 10.2. The van der Waals surface area contributed by atoms with Crippen molar-refractivity contribution < 1.29 is 8.42 Å². The molecule has 0 aliphatic heterocycles. The lowest BCUT2D eigenvalue weighted by molar-refractivity contribution is 0.558. The highest BCUT2D eigenvalue weighted by Crippen LogP contribution is 2.13. The quantitative estimate of drug-likeness (QED) is 0.816. The molecule has 0 unspecified atom stereocenters. The number of hydrogen-bond donors (Lipinski definition) is 0. The Labute approximate surface area is 117 Å². The van der Waals surface area contributed by atoms with Gasteiger partial charge >= 0.3 is 5.69 Å². The summed E-state index contributed by atoms with van der Waals surface area (Å²) >= 11 is 0. The molecule has 0 saturated carbocycles. The molecule has 0 atom stereocenters. The van der Waals surface area contributed by atoms with E-state index in [1.165, 1.54) is 15.6 Å². The van der Waals surface area contributed by atoms with E-state index >= 15 is 0 Å². The standard InChI is InChI=1S/C13H17N3O3S/c1-11-4-6-12(7-5-11)20(18,19)9-3-8-16-13(17)15(2)10-14-16/h4-7,10H,3,8-9H2,1-2H3. The Hall–Kier alpha value is -1.89. The number of benzene rings is 1. The van der Waals surface area contributed by atoms with Crippen molar-refractivity contribution in [3.05, 3.63) is 46.6 Å². The van der Waals surface area contributed by atoms with Crippen LogP contribution in [0.25, 0.3) is 0 Å². The summed E-state index contributed by atoms with van der Waals surface area (Å²) in [6, 6.07) is 6.77. The highest BCUT2D eigenvalue weighted by atomic mass is 32.2. The van der Waals surface area contributed by atoms with Gasteiger partial charge in [0.15, 0.2) is 9.84 Å². The summed E-state index contributed by atoms with van der Waals surface area (Å²) in [6.45, 7) is 2.20. The Morgan fingerprint density at radius 2 is 1.85 bits per heavy atom. The second-order valence-electron chi connectivity index (χ2n) is 4.73. The predicted octanol–water partition coefficient (Wildman–Crippen LogP) is 0.754. The summed E-state index contributed by atoms with van der Waals surface area (Å²) in [5.74, 6) is -0.000917. The number of aromatic nitrogens is 3. The Morgan fingerprint density at radius 1 is 1.20 bits per heavy atom. The molecule has 0 amide bonds. The molecular weight excluding hydrogens is 278 g/mol. The Balaban J connectivity index is 2.01. The number of rotatable bonds is 5. The van der Waals surface area contributed by atoms with E-state index in [0.29, 0.717) is 17.9 Å². The zero-order valence-corrected chi connectivity index (χ0v) is 12.3. The lowest BCUT2D eigenvalue weighted by Gasteiger charge is -2.04. The van der Waals surface area contributed by atoms with Crippen LogP contribution < -0.4 is 5.69 Å². The smallest absolute Gasteiger partial charge is 0.285 e. The van der Waals surface area contributed by atoms with Gasteiger partial charge in [-0.2, -0.15) is 5.10 Å². The minimum absolute atomic E-state index is 0.000917. The molecule has 1 aromatic heterocycles. The first-order valence-electron chi connectivity index (χ1n) is 6.28. The number of sulfone groups is 1. The molecule has 1 heterocycles. The van der Waals surface area contributed by atoms with Crippen molar-refractivity contribution in [2.45, 2.75) is 24.8 Å². The van der Waals surface area contributed by atoms with Crippen LogP contribution in [-0.4, -0.2) is 28.5 Å². The van der Waals surface area contributed by atoms with Gasteiger partial charge in [-0.1, -0.05) is 17.7 Å². The van der Waals surface area contributed by atoms with Crippen molar-refractivity contribution in [2.75, 3.05) is 5.75 Å². The highest BCUT2D eigenvalue weighted by molar-refractivity contribution is 7.91. The van der Waals surface area contributed by atoms with Crippen LogP contribution in [-0.2, 0) is 23.4 Å². The topological polar surface area (TPSA) is 74.0 Å². The minimum atomic E-state index is -3.30. The maximum Gasteiger partial charge on any atom is 0.345 e. The third-order valence-corrected chi connectivity index (χ3v) is 4.87. The second-order valence-corrected chi connectivity index (χ2v) is 6.84. The van der Waals surface area contributed by atoms with E-state index in [2.05, 4.69) is 5.10 Å². The van der Waals surface area contributed by atoms with E-state index in [9.17, 15) is 13.2 Å². The fourth-order valence-corrected chi connectivity index (χ4v) is 3.14. The molecule has 0 radical (unpaired) electrons. The van der Waals surface area contributed by atoms with E-state index in [4.69, 9.17) is 0 Å². The fourth-order valence-electron chi connectivity index (χ4n) is 1.84. The van der Waals surface area contributed by atoms with Gasteiger partial charge in [0.1, 0.15) is 6.33 Å². The minimum Gasteiger partial charge on any atom is -0.285 e. The summed E-state index contributed by atoms with van der Waals surface area (Å²) in [7, 11) is -1.70. The number of aryl methyl sites for hydroxylation is 3. The molecule has 20 heavy (non-hydrogen) atoms. The van der Waals surface area contributed by atoms with Crippen molar-refractivity contribution in [2.24, 2.45) is 7.05 Å². The maximum atomic E-state index is 12.1. The van der Waals surface area contributed by atoms with E-state index < -0.39 is 9.84 Å². The Kier molecular flexibility index (Phi) is 4.08. The van der Waals surface area contributed by atoms with Crippen LogP contribution in [0.15, 0.2) is 40.3 Å². The van der Waals surface area contributed by atoms with Crippen LogP contribution in [0, 0.1) is 6.92 Å². The third kappa shape index (κ3) is 3.16. The molecule has 0 N–H and O–H groups in total. The molecule has 0 aliphatic carbocycles. The van der Waals surface area contributed by atoms with Crippen LogP contribution in [0.5, 0.6) is 0 Å². The van der Waals surface area contributed by atoms with Crippen LogP contribution >= 0.6 is 0 Å². The Bertz CT molecular complexity index is 742. The molecule has 7 heteroatoms. The van der Waals surface area contributed by atoms with Crippen LogP contribution in [0.2, 0.25) is 0 Å². The van der Waals surface area contributed by atoms with E-state index in [0.717, 1.165) is 5.56 Å². The van der Waals surface area contributed by atoms with Gasteiger partial charge in [0, 0.05) is 13.6 Å².